The van der Waals surface area contributed by atoms with Crippen LogP contribution in [0.25, 0.3) is 17.0 Å². The third kappa shape index (κ3) is 2.03. The highest BCUT2D eigenvalue weighted by atomic mass is 16.5. The average molecular weight is 407 g/mol. The number of carbonyl (C=O) groups is 2. The van der Waals surface area contributed by atoms with Crippen molar-refractivity contribution in [1.82, 2.24) is 9.47 Å². The van der Waals surface area contributed by atoms with Crippen molar-refractivity contribution in [2.45, 2.75) is 53.0 Å². The van der Waals surface area contributed by atoms with Gasteiger partial charge in [0.15, 0.2) is 5.41 Å². The molecular weight excluding hydrogens is 376 g/mol. The van der Waals surface area contributed by atoms with Gasteiger partial charge in [-0.3, -0.25) is 9.59 Å². The summed E-state index contributed by atoms with van der Waals surface area (Å²) in [6.45, 7) is 8.81. The number of hydrogen-bond donors (Lipinski definition) is 0. The van der Waals surface area contributed by atoms with Gasteiger partial charge >= 0.3 is 5.97 Å². The number of para-hydroxylation sites is 1. The number of esters is 1. The number of hydrogen-bond acceptors (Lipinski definition) is 3. The fourth-order valence-electron chi connectivity index (χ4n) is 6.25. The lowest BCUT2D eigenvalue weighted by Gasteiger charge is -2.51. The number of fused-ring (bicyclic) bond motifs is 5. The summed E-state index contributed by atoms with van der Waals surface area (Å²) in [5.74, 6) is -0.460. The van der Waals surface area contributed by atoms with E-state index in [2.05, 4.69) is 51.4 Å². The third-order valence-corrected chi connectivity index (χ3v) is 8.73. The highest BCUT2D eigenvalue weighted by molar-refractivity contribution is 6.06. The zero-order valence-electron chi connectivity index (χ0n) is 18.5. The average Bonchev–Trinajstić information content (AvgIpc) is 3.07. The first-order chi connectivity index (χ1) is 14.2. The molecule has 0 unspecified atom stereocenters. The van der Waals surface area contributed by atoms with Gasteiger partial charge in [-0.1, -0.05) is 45.9 Å². The van der Waals surface area contributed by atoms with Gasteiger partial charge in [-0.15, -0.1) is 0 Å². The van der Waals surface area contributed by atoms with Crippen molar-refractivity contribution in [3.63, 3.8) is 0 Å². The van der Waals surface area contributed by atoms with Crippen LogP contribution in [0.1, 0.15) is 64.3 Å². The number of aromatic nitrogens is 1. The van der Waals surface area contributed by atoms with Crippen LogP contribution in [0.3, 0.4) is 0 Å². The highest BCUT2D eigenvalue weighted by Gasteiger charge is 2.72. The molecule has 3 heterocycles. The van der Waals surface area contributed by atoms with Crippen LogP contribution in [0.15, 0.2) is 30.5 Å². The first kappa shape index (κ1) is 19.4. The van der Waals surface area contributed by atoms with Crippen LogP contribution in [0, 0.1) is 16.2 Å². The molecule has 3 aliphatic rings. The lowest BCUT2D eigenvalue weighted by Crippen LogP contribution is -2.61. The summed E-state index contributed by atoms with van der Waals surface area (Å²) < 4.78 is 7.81. The van der Waals surface area contributed by atoms with E-state index in [0.717, 1.165) is 24.1 Å². The topological polar surface area (TPSA) is 51.5 Å². The lowest BCUT2D eigenvalue weighted by atomic mass is 9.57. The maximum absolute atomic E-state index is 14.2. The molecule has 5 heteroatoms. The zero-order valence-corrected chi connectivity index (χ0v) is 18.5. The van der Waals surface area contributed by atoms with E-state index >= 15 is 0 Å². The van der Waals surface area contributed by atoms with Gasteiger partial charge in [0.05, 0.1) is 12.6 Å². The summed E-state index contributed by atoms with van der Waals surface area (Å²) >= 11 is 0. The minimum absolute atomic E-state index is 0.110. The second kappa shape index (κ2) is 5.99. The molecule has 1 aromatic carbocycles. The molecule has 1 saturated heterocycles. The Kier molecular flexibility index (Phi) is 3.88. The maximum atomic E-state index is 14.2. The van der Waals surface area contributed by atoms with Crippen LogP contribution in [0.4, 0.5) is 0 Å². The molecule has 30 heavy (non-hydrogen) atoms. The summed E-state index contributed by atoms with van der Waals surface area (Å²) in [7, 11) is 2.06. The fourth-order valence-corrected chi connectivity index (χ4v) is 6.25. The standard InChI is InChI=1S/C25H30N2O3/c1-6-18-20-17(16-9-7-8-10-19(16)26(20)5)11-14-27(18)21(28)25-13-12-24(4,23(25,2)3)15-30-22(25)29/h7-11,14,18H,6,12-13,15H2,1-5H3/t18-,24+,25+/m1/s1. The second-order valence-electron chi connectivity index (χ2n) is 9.99. The fraction of sp³-hybridized carbons (Fsp3) is 0.520. The molecule has 0 N–H and O–H groups in total. The Balaban J connectivity index is 1.64. The Bertz CT molecular complexity index is 1110. The van der Waals surface area contributed by atoms with E-state index in [1.54, 1.807) is 0 Å². The molecule has 5 nitrogen and oxygen atoms in total. The van der Waals surface area contributed by atoms with E-state index < -0.39 is 10.8 Å². The van der Waals surface area contributed by atoms with Gasteiger partial charge in [-0.25, -0.2) is 0 Å². The molecule has 2 fully saturated rings. The summed E-state index contributed by atoms with van der Waals surface area (Å²) in [6, 6.07) is 8.23. The Labute approximate surface area is 177 Å². The van der Waals surface area contributed by atoms with Crippen LogP contribution in [0.2, 0.25) is 0 Å². The minimum Gasteiger partial charge on any atom is -0.464 e. The summed E-state index contributed by atoms with van der Waals surface area (Å²) in [6.07, 6.45) is 6.08. The Morgan fingerprint density at radius 2 is 1.93 bits per heavy atom. The van der Waals surface area contributed by atoms with Crippen LogP contribution < -0.4 is 0 Å². The number of carbonyl (C=O) groups excluding carboxylic acids is 2. The van der Waals surface area contributed by atoms with E-state index in [-0.39, 0.29) is 23.3 Å². The predicted octanol–water partition coefficient (Wildman–Crippen LogP) is 4.81. The summed E-state index contributed by atoms with van der Waals surface area (Å²) in [4.78, 5) is 29.2. The van der Waals surface area contributed by atoms with Gasteiger partial charge in [-0.05, 0) is 36.8 Å². The quantitative estimate of drug-likeness (QED) is 0.531. The number of aryl methyl sites for hydroxylation is 1. The number of nitrogens with zero attached hydrogens (tertiary/aromatic N) is 2. The maximum Gasteiger partial charge on any atom is 0.322 e. The molecule has 158 valence electrons. The number of ether oxygens (including phenoxy) is 1. The van der Waals surface area contributed by atoms with Crippen LogP contribution in [0.5, 0.6) is 0 Å². The summed E-state index contributed by atoms with van der Waals surface area (Å²) in [5, 5.41) is 1.20. The monoisotopic (exact) mass is 406 g/mol. The SMILES string of the molecule is CC[C@@H]1c2c(c3ccccc3n2C)C=CN1C(=O)[C@@]12CC[C@@](C)(COC1=O)C2(C)C. The van der Waals surface area contributed by atoms with Gasteiger partial charge in [0.2, 0.25) is 5.91 Å². The number of amides is 1. The number of rotatable bonds is 2. The normalized spacial score (nSPS) is 31.7. The first-order valence-corrected chi connectivity index (χ1v) is 10.9. The lowest BCUT2D eigenvalue weighted by molar-refractivity contribution is -0.193. The van der Waals surface area contributed by atoms with E-state index in [9.17, 15) is 9.59 Å². The minimum atomic E-state index is -1.13. The van der Waals surface area contributed by atoms with Gasteiger partial charge < -0.3 is 14.2 Å². The van der Waals surface area contributed by atoms with E-state index in [4.69, 9.17) is 4.74 Å². The van der Waals surface area contributed by atoms with Gasteiger partial charge in [0.1, 0.15) is 0 Å². The van der Waals surface area contributed by atoms with E-state index in [1.807, 2.05) is 29.3 Å². The Morgan fingerprint density at radius 3 is 2.67 bits per heavy atom. The van der Waals surface area contributed by atoms with Crippen LogP contribution >= 0.6 is 0 Å². The van der Waals surface area contributed by atoms with Crippen molar-refractivity contribution in [2.24, 2.45) is 23.3 Å². The van der Waals surface area contributed by atoms with Crippen LogP contribution in [-0.4, -0.2) is 28.0 Å². The molecule has 1 aliphatic carbocycles. The van der Waals surface area contributed by atoms with Crippen molar-refractivity contribution in [1.29, 1.82) is 0 Å². The number of cyclic esters (lactones) is 1. The Hall–Kier alpha value is -2.56. The van der Waals surface area contributed by atoms with Crippen molar-refractivity contribution >= 4 is 28.9 Å². The molecule has 1 aromatic heterocycles. The number of benzene rings is 1. The third-order valence-electron chi connectivity index (χ3n) is 8.73. The largest absolute Gasteiger partial charge is 0.464 e. The second-order valence-corrected chi connectivity index (χ2v) is 9.99. The summed E-state index contributed by atoms with van der Waals surface area (Å²) in [5.41, 5.74) is 1.70. The van der Waals surface area contributed by atoms with Gasteiger partial charge in [-0.2, -0.15) is 0 Å². The molecule has 0 radical (unpaired) electrons. The molecule has 1 saturated carbocycles. The van der Waals surface area contributed by atoms with Crippen LogP contribution in [-0.2, 0) is 21.4 Å². The molecule has 1 amide bonds. The molecule has 5 rings (SSSR count). The smallest absolute Gasteiger partial charge is 0.322 e. The van der Waals surface area contributed by atoms with Gasteiger partial charge in [0, 0.05) is 40.8 Å². The van der Waals surface area contributed by atoms with Crippen molar-refractivity contribution in [3.8, 4) is 0 Å². The van der Waals surface area contributed by atoms with Crippen molar-refractivity contribution in [2.75, 3.05) is 6.61 Å². The molecule has 2 aliphatic heterocycles. The van der Waals surface area contributed by atoms with Crippen molar-refractivity contribution in [3.05, 3.63) is 41.7 Å². The zero-order chi connectivity index (χ0) is 21.5. The predicted molar refractivity (Wildman–Crippen MR) is 116 cm³/mol. The Morgan fingerprint density at radius 1 is 1.20 bits per heavy atom. The molecular formula is C25H30N2O3. The first-order valence-electron chi connectivity index (χ1n) is 10.9. The molecule has 2 aromatic rings. The molecule has 3 atom stereocenters. The van der Waals surface area contributed by atoms with Gasteiger partial charge in [0.25, 0.3) is 0 Å². The van der Waals surface area contributed by atoms with E-state index in [1.165, 1.54) is 10.9 Å². The van der Waals surface area contributed by atoms with Crippen molar-refractivity contribution < 1.29 is 14.3 Å². The molecule has 0 spiro atoms. The van der Waals surface area contributed by atoms with E-state index in [0.29, 0.717) is 13.0 Å². The highest BCUT2D eigenvalue weighted by Crippen LogP contribution is 2.66. The molecule has 2 bridgehead atoms.